The van der Waals surface area contributed by atoms with Gasteiger partial charge in [-0.2, -0.15) is 0 Å². The quantitative estimate of drug-likeness (QED) is 0.193. The third-order valence-corrected chi connectivity index (χ3v) is 12.7. The number of rotatable bonds is 15. The molecule has 2 heterocycles. The van der Waals surface area contributed by atoms with Gasteiger partial charge in [0.15, 0.2) is 0 Å². The summed E-state index contributed by atoms with van der Waals surface area (Å²) < 4.78 is 4.95. The monoisotopic (exact) mass is 774 g/mol. The van der Waals surface area contributed by atoms with Crippen molar-refractivity contribution < 1.29 is 38.3 Å². The molecule has 292 valence electrons. The van der Waals surface area contributed by atoms with Gasteiger partial charge >= 0.3 is 6.09 Å². The van der Waals surface area contributed by atoms with Gasteiger partial charge in [-0.15, -0.1) is 23.5 Å². The topological polar surface area (TPSA) is 183 Å². The molecule has 53 heavy (non-hydrogen) atoms. The lowest BCUT2D eigenvalue weighted by Crippen LogP contribution is -2.59. The fourth-order valence-electron chi connectivity index (χ4n) is 6.22. The smallest absolute Gasteiger partial charge is 0.407 e. The number of ether oxygens (including phenoxy) is 1. The second-order valence-corrected chi connectivity index (χ2v) is 18.4. The van der Waals surface area contributed by atoms with E-state index in [1.54, 1.807) is 74.9 Å². The largest absolute Gasteiger partial charge is 0.449 e. The molecule has 0 bridgehead atoms. The van der Waals surface area contributed by atoms with Crippen LogP contribution in [-0.4, -0.2) is 119 Å². The van der Waals surface area contributed by atoms with Gasteiger partial charge in [-0.05, 0) is 54.1 Å². The van der Waals surface area contributed by atoms with Gasteiger partial charge in [-0.3, -0.25) is 28.8 Å². The number of hydrogen-bond donors (Lipinski definition) is 4. The molecule has 1 aromatic carbocycles. The maximum atomic E-state index is 14.3. The Morgan fingerprint density at radius 3 is 2.23 bits per heavy atom. The zero-order valence-electron chi connectivity index (χ0n) is 31.5. The van der Waals surface area contributed by atoms with E-state index in [-0.39, 0.29) is 25.5 Å². The van der Waals surface area contributed by atoms with Crippen molar-refractivity contribution in [1.82, 2.24) is 31.1 Å². The molecule has 6 amide bonds. The van der Waals surface area contributed by atoms with Crippen LogP contribution < -0.4 is 21.3 Å². The summed E-state index contributed by atoms with van der Waals surface area (Å²) in [6.07, 6.45) is 3.25. The van der Waals surface area contributed by atoms with Gasteiger partial charge in [-0.25, -0.2) is 4.79 Å². The van der Waals surface area contributed by atoms with Gasteiger partial charge in [0.2, 0.25) is 29.4 Å². The van der Waals surface area contributed by atoms with Crippen LogP contribution >= 0.6 is 23.5 Å². The van der Waals surface area contributed by atoms with Gasteiger partial charge in [0, 0.05) is 27.1 Å². The lowest BCUT2D eigenvalue weighted by Gasteiger charge is -2.36. The molecule has 4 rings (SSSR count). The number of Topliss-reactive ketones (excluding diaryl/α,β-unsaturated/α-hetero) is 1. The number of carbonyl (C=O) groups excluding carboxylic acids is 7. The van der Waals surface area contributed by atoms with Crippen LogP contribution in [0.3, 0.4) is 0 Å². The van der Waals surface area contributed by atoms with Gasteiger partial charge in [0.05, 0.1) is 23.3 Å². The average molecular weight is 775 g/mol. The van der Waals surface area contributed by atoms with Gasteiger partial charge in [0.1, 0.15) is 18.1 Å². The van der Waals surface area contributed by atoms with E-state index in [0.29, 0.717) is 24.3 Å². The first kappa shape index (κ1) is 42.0. The number of benzene rings is 1. The Balaban J connectivity index is 1.45. The third kappa shape index (κ3) is 11.6. The highest BCUT2D eigenvalue weighted by molar-refractivity contribution is 8.18. The molecule has 16 heteroatoms. The van der Waals surface area contributed by atoms with Crippen LogP contribution in [-0.2, 0) is 33.5 Å². The molecule has 2 saturated heterocycles. The summed E-state index contributed by atoms with van der Waals surface area (Å²) in [6.45, 7) is 7.29. The van der Waals surface area contributed by atoms with Crippen LogP contribution in [0.15, 0.2) is 30.3 Å². The van der Waals surface area contributed by atoms with Crippen molar-refractivity contribution in [1.29, 1.82) is 0 Å². The predicted octanol–water partition coefficient (Wildman–Crippen LogP) is 2.62. The molecule has 0 aromatic heterocycles. The molecule has 1 spiro atoms. The lowest BCUT2D eigenvalue weighted by molar-refractivity contribution is -0.144. The van der Waals surface area contributed by atoms with Gasteiger partial charge < -0.3 is 35.8 Å². The molecule has 2 unspecified atom stereocenters. The minimum Gasteiger partial charge on any atom is -0.449 e. The maximum Gasteiger partial charge on any atom is 0.407 e. The number of likely N-dealkylation sites (N-methyl/N-ethyl adjacent to an activating group) is 1. The molecule has 1 saturated carbocycles. The van der Waals surface area contributed by atoms with Gasteiger partial charge in [-0.1, -0.05) is 64.4 Å². The molecule has 3 aliphatic rings. The van der Waals surface area contributed by atoms with Crippen LogP contribution in [0, 0.1) is 11.3 Å². The lowest BCUT2D eigenvalue weighted by atomic mass is 9.85. The number of nitrogens with zero attached hydrogens (tertiary/aromatic N) is 2. The fourth-order valence-corrected chi connectivity index (χ4v) is 9.57. The number of thioether (sulfide) groups is 2. The highest BCUT2D eigenvalue weighted by Crippen LogP contribution is 2.50. The Bertz CT molecular complexity index is 1510. The molecule has 4 atom stereocenters. The fraction of sp³-hybridized carbons (Fsp3) is 0.649. The zero-order chi connectivity index (χ0) is 38.9. The second kappa shape index (κ2) is 18.5. The Kier molecular flexibility index (Phi) is 14.6. The molecule has 14 nitrogen and oxygen atoms in total. The van der Waals surface area contributed by atoms with Crippen LogP contribution in [0.2, 0.25) is 0 Å². The Hall–Kier alpha value is -3.79. The van der Waals surface area contributed by atoms with Crippen molar-refractivity contribution in [2.24, 2.45) is 11.3 Å². The number of amides is 6. The third-order valence-electron chi connectivity index (χ3n) is 9.39. The van der Waals surface area contributed by atoms with Crippen molar-refractivity contribution in [3.63, 3.8) is 0 Å². The SMILES string of the molecule is CCCC(NC(=O)[C@@H]1CC2(CN1C(=O)[C@@H](NC(=O)OCC1CC1)C(C)(C)C)SCCCS2)C(=O)C(=O)NCC(=O)NC(C(=O)N(C)C)c1ccccc1. The van der Waals surface area contributed by atoms with Crippen LogP contribution in [0.4, 0.5) is 4.79 Å². The first-order valence-electron chi connectivity index (χ1n) is 18.2. The second-order valence-electron chi connectivity index (χ2n) is 15.2. The first-order chi connectivity index (χ1) is 25.0. The Morgan fingerprint density at radius 2 is 1.64 bits per heavy atom. The van der Waals surface area contributed by atoms with Crippen LogP contribution in [0.25, 0.3) is 0 Å². The van der Waals surface area contributed by atoms with Crippen molar-refractivity contribution in [2.45, 2.75) is 94.5 Å². The van der Waals surface area contributed by atoms with E-state index in [9.17, 15) is 33.6 Å². The highest BCUT2D eigenvalue weighted by Gasteiger charge is 2.53. The van der Waals surface area contributed by atoms with E-state index < -0.39 is 75.7 Å². The first-order valence-corrected chi connectivity index (χ1v) is 20.2. The van der Waals surface area contributed by atoms with Crippen molar-refractivity contribution in [3.05, 3.63) is 35.9 Å². The van der Waals surface area contributed by atoms with E-state index in [2.05, 4.69) is 21.3 Å². The number of hydrogen-bond acceptors (Lipinski definition) is 10. The van der Waals surface area contributed by atoms with Gasteiger partial charge in [0.25, 0.3) is 5.91 Å². The molecular weight excluding hydrogens is 721 g/mol. The molecule has 1 aromatic rings. The maximum absolute atomic E-state index is 14.3. The van der Waals surface area contributed by atoms with Crippen molar-refractivity contribution in [2.75, 3.05) is 45.3 Å². The molecule has 2 aliphatic heterocycles. The number of likely N-dealkylation sites (tertiary alicyclic amines) is 1. The summed E-state index contributed by atoms with van der Waals surface area (Å²) in [5.74, 6) is -1.96. The molecular formula is C37H54N6O8S2. The minimum absolute atomic E-state index is 0.145. The minimum atomic E-state index is -1.21. The summed E-state index contributed by atoms with van der Waals surface area (Å²) in [5.41, 5.74) is -0.164. The summed E-state index contributed by atoms with van der Waals surface area (Å²) in [4.78, 5) is 96.3. The Labute approximate surface area is 320 Å². The Morgan fingerprint density at radius 1 is 0.981 bits per heavy atom. The molecule has 0 radical (unpaired) electrons. The van der Waals surface area contributed by atoms with Crippen molar-refractivity contribution >= 4 is 64.9 Å². The van der Waals surface area contributed by atoms with E-state index in [1.165, 1.54) is 9.80 Å². The average Bonchev–Trinajstić information content (AvgIpc) is 3.89. The van der Waals surface area contributed by atoms with Crippen LogP contribution in [0.5, 0.6) is 0 Å². The van der Waals surface area contributed by atoms with E-state index in [0.717, 1.165) is 30.8 Å². The standard InChI is InChI=1S/C37H54N6O8S2/c1-7-12-25(29(45)32(47)38-20-27(44)40-28(33(48)42(5)6)24-13-9-8-10-14-24)39-31(46)26-19-37(52-17-11-18-53-37)22-43(26)34(49)30(36(2,3)4)41-35(50)51-21-23-15-16-23/h8-10,13-14,23,25-26,28,30H,7,11-12,15-22H2,1-6H3,(H,38,47)(H,39,46)(H,40,44)(H,41,50)/t25?,26-,28?,30+/m0/s1. The normalized spacial score (nSPS) is 19.7. The number of alkyl carbamates (subject to hydrolysis) is 1. The zero-order valence-corrected chi connectivity index (χ0v) is 33.2. The number of nitrogens with one attached hydrogen (secondary N) is 4. The van der Waals surface area contributed by atoms with E-state index >= 15 is 0 Å². The van der Waals surface area contributed by atoms with E-state index in [4.69, 9.17) is 4.74 Å². The number of ketones is 1. The molecule has 3 fully saturated rings. The summed E-state index contributed by atoms with van der Waals surface area (Å²) >= 11 is 3.41. The molecule has 4 N–H and O–H groups in total. The summed E-state index contributed by atoms with van der Waals surface area (Å²) in [5, 5.41) is 10.5. The predicted molar refractivity (Wildman–Crippen MR) is 204 cm³/mol. The highest BCUT2D eigenvalue weighted by atomic mass is 32.2. The van der Waals surface area contributed by atoms with E-state index in [1.807, 2.05) is 20.8 Å². The summed E-state index contributed by atoms with van der Waals surface area (Å²) in [6, 6.07) is 4.49. The summed E-state index contributed by atoms with van der Waals surface area (Å²) in [7, 11) is 3.12. The number of carbonyl (C=O) groups is 7. The van der Waals surface area contributed by atoms with Crippen LogP contribution in [0.1, 0.15) is 77.8 Å². The molecule has 1 aliphatic carbocycles. The van der Waals surface area contributed by atoms with Crippen molar-refractivity contribution in [3.8, 4) is 0 Å².